The van der Waals surface area contributed by atoms with Crippen molar-refractivity contribution in [1.82, 2.24) is 18.9 Å². The number of amides is 1. The minimum absolute atomic E-state index is 0.00213. The number of aromatic amines is 1. The summed E-state index contributed by atoms with van der Waals surface area (Å²) in [4.78, 5) is 46.6. The summed E-state index contributed by atoms with van der Waals surface area (Å²) in [5, 5.41) is 0. The van der Waals surface area contributed by atoms with Gasteiger partial charge < -0.3 is 15.0 Å². The van der Waals surface area contributed by atoms with Crippen molar-refractivity contribution in [2.45, 2.75) is 47.6 Å². The fraction of sp³-hybridized carbons (Fsp3) is 0.455. The molecule has 0 saturated heterocycles. The molecular weight excluding hydrogens is 396 g/mol. The quantitative estimate of drug-likeness (QED) is 0.599. The van der Waals surface area contributed by atoms with E-state index in [0.29, 0.717) is 18.8 Å². The van der Waals surface area contributed by atoms with E-state index >= 15 is 0 Å². The van der Waals surface area contributed by atoms with Gasteiger partial charge in [-0.15, -0.1) is 0 Å². The van der Waals surface area contributed by atoms with E-state index in [-0.39, 0.29) is 35.7 Å². The van der Waals surface area contributed by atoms with Crippen LogP contribution in [0.15, 0.2) is 34.1 Å². The lowest BCUT2D eigenvalue weighted by atomic mass is 10.1. The van der Waals surface area contributed by atoms with E-state index in [1.54, 1.807) is 6.20 Å². The number of imidazole rings is 1. The van der Waals surface area contributed by atoms with E-state index in [9.17, 15) is 14.4 Å². The van der Waals surface area contributed by atoms with Crippen molar-refractivity contribution in [3.8, 4) is 0 Å². The Balaban J connectivity index is 2.03. The number of nitrogens with zero attached hydrogens (tertiary/aromatic N) is 4. The van der Waals surface area contributed by atoms with Crippen molar-refractivity contribution in [3.63, 3.8) is 0 Å². The minimum Gasteiger partial charge on any atom is -0.383 e. The van der Waals surface area contributed by atoms with Crippen molar-refractivity contribution >= 4 is 23.1 Å². The first-order valence-corrected chi connectivity index (χ1v) is 10.4. The smallest absolute Gasteiger partial charge is 0.330 e. The summed E-state index contributed by atoms with van der Waals surface area (Å²) in [7, 11) is 0. The molecule has 3 aromatic rings. The number of pyridine rings is 1. The van der Waals surface area contributed by atoms with E-state index in [1.807, 2.05) is 57.3 Å². The monoisotopic (exact) mass is 426 g/mol. The Bertz CT molecular complexity index is 1220. The number of rotatable bonds is 7. The Labute approximate surface area is 180 Å². The summed E-state index contributed by atoms with van der Waals surface area (Å²) in [5.41, 5.74) is 7.40. The van der Waals surface area contributed by atoms with Gasteiger partial charge in [-0.2, -0.15) is 0 Å². The van der Waals surface area contributed by atoms with Crippen LogP contribution in [0, 0.1) is 18.8 Å². The average Bonchev–Trinajstić information content (AvgIpc) is 3.07. The first-order valence-electron chi connectivity index (χ1n) is 10.4. The molecule has 31 heavy (non-hydrogen) atoms. The number of nitrogens with two attached hydrogens (primary N) is 1. The number of hydrogen-bond acceptors (Lipinski definition) is 5. The van der Waals surface area contributed by atoms with Gasteiger partial charge >= 0.3 is 5.69 Å². The third-order valence-corrected chi connectivity index (χ3v) is 4.94. The number of nitrogen functional groups attached to an aromatic ring is 1. The van der Waals surface area contributed by atoms with Crippen LogP contribution >= 0.6 is 0 Å². The van der Waals surface area contributed by atoms with Crippen LogP contribution in [0.1, 0.15) is 39.0 Å². The van der Waals surface area contributed by atoms with Gasteiger partial charge in [-0.3, -0.25) is 19.1 Å². The van der Waals surface area contributed by atoms with Gasteiger partial charge in [0.05, 0.1) is 12.1 Å². The maximum Gasteiger partial charge on any atom is 0.330 e. The van der Waals surface area contributed by atoms with Crippen molar-refractivity contribution in [1.29, 1.82) is 0 Å². The largest absolute Gasteiger partial charge is 0.383 e. The molecule has 0 aliphatic rings. The molecule has 0 fully saturated rings. The van der Waals surface area contributed by atoms with Gasteiger partial charge in [0.25, 0.3) is 5.56 Å². The average molecular weight is 427 g/mol. The summed E-state index contributed by atoms with van der Waals surface area (Å²) in [6.45, 7) is 10.4. The highest BCUT2D eigenvalue weighted by molar-refractivity contribution is 5.96. The molecule has 1 amide bonds. The normalized spacial score (nSPS) is 11.6. The second-order valence-electron chi connectivity index (χ2n) is 8.73. The van der Waals surface area contributed by atoms with Crippen LogP contribution in [0.4, 0.5) is 11.5 Å². The van der Waals surface area contributed by atoms with E-state index in [2.05, 4.69) is 9.97 Å². The van der Waals surface area contributed by atoms with Gasteiger partial charge in [-0.05, 0) is 30.4 Å². The molecule has 3 N–H and O–H groups in total. The van der Waals surface area contributed by atoms with Gasteiger partial charge in [-0.25, -0.2) is 9.78 Å². The molecule has 0 aromatic carbocycles. The molecule has 9 heteroatoms. The molecule has 9 nitrogen and oxygen atoms in total. The van der Waals surface area contributed by atoms with Gasteiger partial charge in [0, 0.05) is 25.5 Å². The number of H-pyrrole nitrogens is 1. The van der Waals surface area contributed by atoms with Crippen LogP contribution in [0.3, 0.4) is 0 Å². The highest BCUT2D eigenvalue weighted by Crippen LogP contribution is 2.21. The maximum absolute atomic E-state index is 13.3. The SMILES string of the molecule is Cc1cccn2cc(CC(=O)N(CC(C)C)c3c(N)n(CC(C)C)c(=O)[nH]c3=O)nc12. The Morgan fingerprint density at radius 2 is 1.94 bits per heavy atom. The predicted octanol–water partition coefficient (Wildman–Crippen LogP) is 1.96. The molecule has 0 bridgehead atoms. The molecule has 0 aliphatic heterocycles. The molecule has 3 aromatic heterocycles. The Hall–Kier alpha value is -3.36. The minimum atomic E-state index is -0.664. The summed E-state index contributed by atoms with van der Waals surface area (Å²) in [6.07, 6.45) is 3.69. The molecule has 0 aliphatic carbocycles. The number of hydrogen-bond donors (Lipinski definition) is 2. The van der Waals surface area contributed by atoms with E-state index < -0.39 is 11.2 Å². The predicted molar refractivity (Wildman–Crippen MR) is 121 cm³/mol. The molecule has 166 valence electrons. The number of aromatic nitrogens is 4. The lowest BCUT2D eigenvalue weighted by Gasteiger charge is -2.26. The Kier molecular flexibility index (Phi) is 6.33. The fourth-order valence-corrected chi connectivity index (χ4v) is 3.61. The highest BCUT2D eigenvalue weighted by atomic mass is 16.2. The van der Waals surface area contributed by atoms with Crippen molar-refractivity contribution in [3.05, 3.63) is 56.6 Å². The van der Waals surface area contributed by atoms with E-state index in [1.165, 1.54) is 9.47 Å². The Morgan fingerprint density at radius 1 is 1.23 bits per heavy atom. The number of anilines is 2. The number of aryl methyl sites for hydroxylation is 1. The van der Waals surface area contributed by atoms with Gasteiger partial charge in [-0.1, -0.05) is 33.8 Å². The first-order chi connectivity index (χ1) is 14.6. The zero-order valence-corrected chi connectivity index (χ0v) is 18.7. The van der Waals surface area contributed by atoms with E-state index in [0.717, 1.165) is 11.2 Å². The fourth-order valence-electron chi connectivity index (χ4n) is 3.61. The van der Waals surface area contributed by atoms with Crippen LogP contribution < -0.4 is 21.9 Å². The summed E-state index contributed by atoms with van der Waals surface area (Å²) in [6, 6.07) is 3.87. The first kappa shape index (κ1) is 22.3. The number of fused-ring (bicyclic) bond motifs is 1. The summed E-state index contributed by atoms with van der Waals surface area (Å²) >= 11 is 0. The second kappa shape index (κ2) is 8.79. The van der Waals surface area contributed by atoms with E-state index in [4.69, 9.17) is 5.73 Å². The lowest BCUT2D eigenvalue weighted by Crippen LogP contribution is -2.43. The standard InChI is InChI=1S/C22H30N6O3/c1-13(2)10-27(18-19(23)28(11-14(3)4)22(31)25-21(18)30)17(29)9-16-12-26-8-6-7-15(5)20(26)24-16/h6-8,12-14H,9-11,23H2,1-5H3,(H,25,30,31). The zero-order chi connectivity index (χ0) is 22.9. The van der Waals surface area contributed by atoms with Crippen LogP contribution in [0.2, 0.25) is 0 Å². The third kappa shape index (κ3) is 4.70. The number of carbonyl (C=O) groups excluding carboxylic acids is 1. The maximum atomic E-state index is 13.3. The molecule has 0 radical (unpaired) electrons. The molecule has 3 rings (SSSR count). The molecule has 0 saturated carbocycles. The molecule has 0 unspecified atom stereocenters. The van der Waals surface area contributed by atoms with Crippen LogP contribution in [0.25, 0.3) is 5.65 Å². The summed E-state index contributed by atoms with van der Waals surface area (Å²) in [5.74, 6) is -0.0882. The highest BCUT2D eigenvalue weighted by Gasteiger charge is 2.26. The zero-order valence-electron chi connectivity index (χ0n) is 18.7. The molecule has 3 heterocycles. The third-order valence-electron chi connectivity index (χ3n) is 4.94. The number of carbonyl (C=O) groups is 1. The molecular formula is C22H30N6O3. The molecule has 0 spiro atoms. The second-order valence-corrected chi connectivity index (χ2v) is 8.73. The topological polar surface area (TPSA) is 118 Å². The van der Waals surface area contributed by atoms with Crippen molar-refractivity contribution in [2.75, 3.05) is 17.2 Å². The van der Waals surface area contributed by atoms with Gasteiger partial charge in [0.15, 0.2) is 5.69 Å². The lowest BCUT2D eigenvalue weighted by molar-refractivity contribution is -0.118. The van der Waals surface area contributed by atoms with Crippen molar-refractivity contribution in [2.24, 2.45) is 11.8 Å². The van der Waals surface area contributed by atoms with Crippen LogP contribution in [-0.4, -0.2) is 31.4 Å². The number of nitrogens with one attached hydrogen (secondary N) is 1. The van der Waals surface area contributed by atoms with Crippen LogP contribution in [0.5, 0.6) is 0 Å². The van der Waals surface area contributed by atoms with Gasteiger partial charge in [0.2, 0.25) is 5.91 Å². The Morgan fingerprint density at radius 3 is 2.55 bits per heavy atom. The van der Waals surface area contributed by atoms with Crippen LogP contribution in [-0.2, 0) is 17.8 Å². The molecule has 0 atom stereocenters. The van der Waals surface area contributed by atoms with Crippen molar-refractivity contribution < 1.29 is 4.79 Å². The van der Waals surface area contributed by atoms with Gasteiger partial charge in [0.1, 0.15) is 11.5 Å². The summed E-state index contributed by atoms with van der Waals surface area (Å²) < 4.78 is 3.19.